The van der Waals surface area contributed by atoms with Crippen molar-refractivity contribution < 1.29 is 13.2 Å². The smallest absolute Gasteiger partial charge is 0.193 e. The molecule has 0 aromatic heterocycles. The molecular formula is C11H8F3N. The van der Waals surface area contributed by atoms with Gasteiger partial charge < -0.3 is 0 Å². The summed E-state index contributed by atoms with van der Waals surface area (Å²) in [6.07, 6.45) is -1.86. The molecule has 0 atom stereocenters. The second-order valence-corrected chi connectivity index (χ2v) is 3.03. The Morgan fingerprint density at radius 3 is 2.53 bits per heavy atom. The fraction of sp³-hybridized carbons (Fsp3) is 0.182. The van der Waals surface area contributed by atoms with E-state index in [2.05, 4.69) is 0 Å². The lowest BCUT2D eigenvalue weighted by Gasteiger charge is -2.10. The van der Waals surface area contributed by atoms with Gasteiger partial charge >= 0.3 is 6.18 Å². The molecule has 0 N–H and O–H groups in total. The molecule has 1 nitrogen and oxygen atoms in total. The van der Waals surface area contributed by atoms with Crippen molar-refractivity contribution in [2.45, 2.75) is 13.1 Å². The molecule has 0 saturated heterocycles. The molecule has 0 unspecified atom stereocenters. The molecule has 0 heterocycles. The van der Waals surface area contributed by atoms with Gasteiger partial charge in [0.25, 0.3) is 0 Å². The van der Waals surface area contributed by atoms with E-state index in [4.69, 9.17) is 5.26 Å². The number of halogens is 3. The maximum absolute atomic E-state index is 12.5. The normalized spacial score (nSPS) is 11.7. The third-order valence-electron chi connectivity index (χ3n) is 1.92. The lowest BCUT2D eigenvalue weighted by molar-refractivity contribution is -0.138. The van der Waals surface area contributed by atoms with Crippen LogP contribution in [0.15, 0.2) is 24.3 Å². The largest absolute Gasteiger partial charge is 0.416 e. The van der Waals surface area contributed by atoms with E-state index in [0.717, 1.165) is 12.1 Å². The highest BCUT2D eigenvalue weighted by atomic mass is 19.4. The highest BCUT2D eigenvalue weighted by Crippen LogP contribution is 2.32. The van der Waals surface area contributed by atoms with Gasteiger partial charge in [-0.3, -0.25) is 0 Å². The monoisotopic (exact) mass is 211 g/mol. The molecule has 0 saturated carbocycles. The lowest BCUT2D eigenvalue weighted by atomic mass is 10.0. The van der Waals surface area contributed by atoms with Gasteiger partial charge in [-0.05, 0) is 30.2 Å². The molecule has 1 aromatic rings. The quantitative estimate of drug-likeness (QED) is 0.651. The zero-order valence-electron chi connectivity index (χ0n) is 7.97. The van der Waals surface area contributed by atoms with Crippen LogP contribution in [0.1, 0.15) is 16.7 Å². The zero-order valence-corrected chi connectivity index (χ0v) is 7.97. The number of benzene rings is 1. The minimum atomic E-state index is -4.35. The van der Waals surface area contributed by atoms with Crippen LogP contribution in [0, 0.1) is 18.3 Å². The summed E-state index contributed by atoms with van der Waals surface area (Å²) in [5.74, 6) is 0. The molecule has 1 aromatic carbocycles. The highest BCUT2D eigenvalue weighted by molar-refractivity contribution is 5.54. The molecule has 0 bridgehead atoms. The van der Waals surface area contributed by atoms with E-state index < -0.39 is 11.7 Å². The van der Waals surface area contributed by atoms with Gasteiger partial charge in [-0.25, -0.2) is 0 Å². The summed E-state index contributed by atoms with van der Waals surface area (Å²) in [6, 6.07) is 5.69. The van der Waals surface area contributed by atoms with E-state index in [1.807, 2.05) is 0 Å². The fourth-order valence-corrected chi connectivity index (χ4v) is 1.18. The molecule has 0 spiro atoms. The standard InChI is InChI=1S/C11H8F3N/c1-8-4-5-9(3-2-6-15)7-10(8)11(12,13)14/h2-5,7H,1H3. The molecule has 0 fully saturated rings. The van der Waals surface area contributed by atoms with Crippen LogP contribution in [-0.2, 0) is 6.18 Å². The average molecular weight is 211 g/mol. The van der Waals surface area contributed by atoms with Crippen molar-refractivity contribution in [2.75, 3.05) is 0 Å². The number of alkyl halides is 3. The van der Waals surface area contributed by atoms with Crippen LogP contribution in [0.5, 0.6) is 0 Å². The summed E-state index contributed by atoms with van der Waals surface area (Å²) < 4.78 is 37.4. The highest BCUT2D eigenvalue weighted by Gasteiger charge is 2.32. The number of nitriles is 1. The van der Waals surface area contributed by atoms with Gasteiger partial charge in [-0.2, -0.15) is 18.4 Å². The van der Waals surface area contributed by atoms with Crippen molar-refractivity contribution in [1.82, 2.24) is 0 Å². The lowest BCUT2D eigenvalue weighted by Crippen LogP contribution is -2.07. The average Bonchev–Trinajstić information content (AvgIpc) is 2.15. The molecule has 0 aliphatic carbocycles. The van der Waals surface area contributed by atoms with E-state index in [0.29, 0.717) is 5.56 Å². The van der Waals surface area contributed by atoms with Crippen molar-refractivity contribution in [3.8, 4) is 6.07 Å². The summed E-state index contributed by atoms with van der Waals surface area (Å²) in [7, 11) is 0. The first-order valence-corrected chi connectivity index (χ1v) is 4.19. The summed E-state index contributed by atoms with van der Waals surface area (Å²) in [6.45, 7) is 1.40. The number of hydrogen-bond donors (Lipinski definition) is 0. The van der Waals surface area contributed by atoms with Gasteiger partial charge in [0.1, 0.15) is 0 Å². The Kier molecular flexibility index (Phi) is 3.15. The molecule has 4 heteroatoms. The summed E-state index contributed by atoms with van der Waals surface area (Å²) in [4.78, 5) is 0. The predicted molar refractivity (Wildman–Crippen MR) is 50.8 cm³/mol. The molecule has 0 aliphatic rings. The first-order chi connectivity index (χ1) is 6.95. The van der Waals surface area contributed by atoms with Gasteiger partial charge in [-0.15, -0.1) is 0 Å². The number of rotatable bonds is 1. The third kappa shape index (κ3) is 2.84. The molecular weight excluding hydrogens is 203 g/mol. The third-order valence-corrected chi connectivity index (χ3v) is 1.92. The van der Waals surface area contributed by atoms with Crippen molar-refractivity contribution in [3.63, 3.8) is 0 Å². The molecule has 15 heavy (non-hydrogen) atoms. The van der Waals surface area contributed by atoms with E-state index in [9.17, 15) is 13.2 Å². The van der Waals surface area contributed by atoms with Crippen LogP contribution in [0.2, 0.25) is 0 Å². The zero-order chi connectivity index (χ0) is 11.5. The summed E-state index contributed by atoms with van der Waals surface area (Å²) in [5, 5.41) is 8.25. The maximum Gasteiger partial charge on any atom is 0.416 e. The number of aryl methyl sites for hydroxylation is 1. The van der Waals surface area contributed by atoms with Gasteiger partial charge in [0.15, 0.2) is 0 Å². The van der Waals surface area contributed by atoms with Gasteiger partial charge in [0.05, 0.1) is 11.6 Å². The Hall–Kier alpha value is -1.76. The SMILES string of the molecule is Cc1ccc(C=CC#N)cc1C(F)(F)F. The van der Waals surface area contributed by atoms with E-state index in [-0.39, 0.29) is 5.56 Å². The molecule has 0 radical (unpaired) electrons. The Bertz CT molecular complexity index is 424. The van der Waals surface area contributed by atoms with Gasteiger partial charge in [0.2, 0.25) is 0 Å². The minimum Gasteiger partial charge on any atom is -0.193 e. The number of allylic oxidation sites excluding steroid dienone is 1. The van der Waals surface area contributed by atoms with Crippen LogP contribution < -0.4 is 0 Å². The van der Waals surface area contributed by atoms with Crippen LogP contribution in [-0.4, -0.2) is 0 Å². The second kappa shape index (κ2) is 4.18. The second-order valence-electron chi connectivity index (χ2n) is 3.03. The fourth-order valence-electron chi connectivity index (χ4n) is 1.18. The number of nitrogens with zero attached hydrogens (tertiary/aromatic N) is 1. The van der Waals surface area contributed by atoms with E-state index in [1.54, 1.807) is 12.1 Å². The van der Waals surface area contributed by atoms with Crippen LogP contribution >= 0.6 is 0 Å². The van der Waals surface area contributed by atoms with Crippen molar-refractivity contribution >= 4 is 6.08 Å². The summed E-state index contributed by atoms with van der Waals surface area (Å²) >= 11 is 0. The van der Waals surface area contributed by atoms with Crippen LogP contribution in [0.3, 0.4) is 0 Å². The first kappa shape index (κ1) is 11.3. The Morgan fingerprint density at radius 2 is 2.00 bits per heavy atom. The van der Waals surface area contributed by atoms with Gasteiger partial charge in [0, 0.05) is 6.08 Å². The molecule has 1 rings (SSSR count). The first-order valence-electron chi connectivity index (χ1n) is 4.19. The number of hydrogen-bond acceptors (Lipinski definition) is 1. The van der Waals surface area contributed by atoms with Crippen molar-refractivity contribution in [3.05, 3.63) is 41.0 Å². The molecule has 78 valence electrons. The Balaban J connectivity index is 3.18. The van der Waals surface area contributed by atoms with E-state index in [1.165, 1.54) is 19.1 Å². The van der Waals surface area contributed by atoms with Crippen LogP contribution in [0.25, 0.3) is 6.08 Å². The molecule has 0 amide bonds. The van der Waals surface area contributed by atoms with Crippen molar-refractivity contribution in [2.24, 2.45) is 0 Å². The van der Waals surface area contributed by atoms with Crippen LogP contribution in [0.4, 0.5) is 13.2 Å². The van der Waals surface area contributed by atoms with Gasteiger partial charge in [-0.1, -0.05) is 12.1 Å². The van der Waals surface area contributed by atoms with Crippen molar-refractivity contribution in [1.29, 1.82) is 5.26 Å². The topological polar surface area (TPSA) is 23.8 Å². The summed E-state index contributed by atoms with van der Waals surface area (Å²) in [5.41, 5.74) is -0.117. The predicted octanol–water partition coefficient (Wildman–Crippen LogP) is 3.55. The maximum atomic E-state index is 12.5. The molecule has 0 aliphatic heterocycles. The minimum absolute atomic E-state index is 0.177. The van der Waals surface area contributed by atoms with E-state index >= 15 is 0 Å². The Labute approximate surface area is 85.5 Å². The Morgan fingerprint density at radius 1 is 1.33 bits per heavy atom.